The second kappa shape index (κ2) is 5.54. The van der Waals surface area contributed by atoms with Crippen LogP contribution in [0.2, 0.25) is 0 Å². The van der Waals surface area contributed by atoms with E-state index in [1.54, 1.807) is 30.5 Å². The van der Waals surface area contributed by atoms with Crippen LogP contribution in [0.15, 0.2) is 41.1 Å². The van der Waals surface area contributed by atoms with Gasteiger partial charge in [0.15, 0.2) is 0 Å². The van der Waals surface area contributed by atoms with Crippen molar-refractivity contribution < 1.29 is 19.5 Å². The van der Waals surface area contributed by atoms with Crippen molar-refractivity contribution in [1.82, 2.24) is 15.1 Å². The van der Waals surface area contributed by atoms with Gasteiger partial charge in [-0.1, -0.05) is 5.16 Å². The molecule has 132 valence electrons. The van der Waals surface area contributed by atoms with Gasteiger partial charge in [-0.15, -0.1) is 0 Å². The Labute approximate surface area is 149 Å². The summed E-state index contributed by atoms with van der Waals surface area (Å²) >= 11 is 0. The predicted molar refractivity (Wildman–Crippen MR) is 91.6 cm³/mol. The minimum absolute atomic E-state index is 0.180. The maximum Gasteiger partial charge on any atom is 0.259 e. The van der Waals surface area contributed by atoms with Gasteiger partial charge >= 0.3 is 0 Å². The van der Waals surface area contributed by atoms with Crippen LogP contribution >= 0.6 is 0 Å². The summed E-state index contributed by atoms with van der Waals surface area (Å²) in [4.78, 5) is 8.81. The van der Waals surface area contributed by atoms with Crippen LogP contribution < -0.4 is 4.74 Å². The lowest BCUT2D eigenvalue weighted by Gasteiger charge is -2.47. The Morgan fingerprint density at radius 1 is 1.12 bits per heavy atom. The topological polar surface area (TPSA) is 102 Å². The van der Waals surface area contributed by atoms with Crippen molar-refractivity contribution in [1.29, 1.82) is 0 Å². The summed E-state index contributed by atoms with van der Waals surface area (Å²) in [5, 5.41) is 23.8. The van der Waals surface area contributed by atoms with Crippen LogP contribution in [0.3, 0.4) is 0 Å². The van der Waals surface area contributed by atoms with Crippen molar-refractivity contribution in [3.63, 3.8) is 0 Å². The molecule has 1 atom stereocenters. The van der Waals surface area contributed by atoms with Crippen LogP contribution in [0.4, 0.5) is 0 Å². The Morgan fingerprint density at radius 2 is 1.92 bits per heavy atom. The van der Waals surface area contributed by atoms with Gasteiger partial charge in [-0.2, -0.15) is 4.98 Å². The van der Waals surface area contributed by atoms with Gasteiger partial charge in [0.05, 0.1) is 11.7 Å². The minimum atomic E-state index is -0.518. The number of ether oxygens (including phenoxy) is 1. The second-order valence-electron chi connectivity index (χ2n) is 6.90. The van der Waals surface area contributed by atoms with Gasteiger partial charge in [0.2, 0.25) is 11.7 Å². The smallest absolute Gasteiger partial charge is 0.259 e. The number of rotatable bonds is 2. The summed E-state index contributed by atoms with van der Waals surface area (Å²) in [7, 11) is 0. The van der Waals surface area contributed by atoms with E-state index < -0.39 is 11.7 Å². The molecule has 1 aliphatic carbocycles. The fraction of sp³-hybridized carbons (Fsp3) is 0.316. The summed E-state index contributed by atoms with van der Waals surface area (Å²) in [6, 6.07) is 8.46. The van der Waals surface area contributed by atoms with Crippen LogP contribution in [-0.2, 0) is 6.42 Å². The molecule has 3 heterocycles. The number of aromatic nitrogens is 3. The Morgan fingerprint density at radius 3 is 2.65 bits per heavy atom. The van der Waals surface area contributed by atoms with E-state index in [9.17, 15) is 10.2 Å². The third-order valence-electron chi connectivity index (χ3n) is 5.24. The summed E-state index contributed by atoms with van der Waals surface area (Å²) in [6.07, 6.45) is 4.46. The Bertz CT molecular complexity index is 963. The zero-order valence-electron chi connectivity index (χ0n) is 13.9. The predicted octanol–water partition coefficient (Wildman–Crippen LogP) is 2.72. The molecule has 3 aromatic rings. The molecule has 0 radical (unpaired) electrons. The molecule has 7 nitrogen and oxygen atoms in total. The highest BCUT2D eigenvalue weighted by Gasteiger charge is 2.49. The number of phenolic OH excluding ortho intramolecular Hbond substituents is 1. The maximum atomic E-state index is 10.4. The number of pyridine rings is 1. The molecule has 1 aromatic carbocycles. The van der Waals surface area contributed by atoms with E-state index in [0.717, 1.165) is 30.4 Å². The lowest BCUT2D eigenvalue weighted by atomic mass is 9.73. The standard InChI is InChI=1S/C19H17N3O4/c23-14-4-2-11(3-5-14)16-21-18(26-22-16)13-8-12-9-15(24)19(6-1-7-19)25-17(12)20-10-13/h2-5,8,10,15,23-24H,1,6-7,9H2. The molecular weight excluding hydrogens is 334 g/mol. The van der Waals surface area contributed by atoms with Crippen LogP contribution in [0.1, 0.15) is 24.8 Å². The number of nitrogens with zero attached hydrogens (tertiary/aromatic N) is 3. The molecular formula is C19H17N3O4. The molecule has 1 fully saturated rings. The fourth-order valence-corrected chi connectivity index (χ4v) is 3.54. The van der Waals surface area contributed by atoms with E-state index in [2.05, 4.69) is 15.1 Å². The van der Waals surface area contributed by atoms with Gasteiger partial charge in [-0.05, 0) is 49.6 Å². The van der Waals surface area contributed by atoms with E-state index >= 15 is 0 Å². The molecule has 1 saturated carbocycles. The zero-order chi connectivity index (χ0) is 17.7. The highest BCUT2D eigenvalue weighted by molar-refractivity contribution is 5.61. The number of fused-ring (bicyclic) bond motifs is 1. The van der Waals surface area contributed by atoms with Crippen LogP contribution in [0, 0.1) is 0 Å². The number of aliphatic hydroxyl groups is 1. The Kier molecular flexibility index (Phi) is 3.27. The molecule has 5 rings (SSSR count). The molecule has 0 bridgehead atoms. The molecule has 1 aliphatic heterocycles. The van der Waals surface area contributed by atoms with Gasteiger partial charge in [0, 0.05) is 23.7 Å². The number of hydrogen-bond donors (Lipinski definition) is 2. The largest absolute Gasteiger partial charge is 0.508 e. The molecule has 2 N–H and O–H groups in total. The normalized spacial score (nSPS) is 20.3. The van der Waals surface area contributed by atoms with Crippen molar-refractivity contribution in [2.24, 2.45) is 0 Å². The average Bonchev–Trinajstić information content (AvgIpc) is 3.10. The third-order valence-corrected chi connectivity index (χ3v) is 5.24. The number of phenols is 1. The molecule has 1 spiro atoms. The van der Waals surface area contributed by atoms with Crippen molar-refractivity contribution in [2.75, 3.05) is 0 Å². The first-order valence-corrected chi connectivity index (χ1v) is 8.62. The Balaban J connectivity index is 1.45. The van der Waals surface area contributed by atoms with Crippen molar-refractivity contribution in [2.45, 2.75) is 37.4 Å². The van der Waals surface area contributed by atoms with Gasteiger partial charge in [0.1, 0.15) is 11.4 Å². The lowest BCUT2D eigenvalue weighted by molar-refractivity contribution is -0.118. The SMILES string of the molecule is Oc1ccc(-c2noc(-c3cnc4c(c3)CC(O)C3(CCC3)O4)n2)cc1. The molecule has 2 aliphatic rings. The number of benzene rings is 1. The summed E-state index contributed by atoms with van der Waals surface area (Å²) in [5.74, 6) is 1.54. The highest BCUT2D eigenvalue weighted by Crippen LogP contribution is 2.44. The van der Waals surface area contributed by atoms with Gasteiger partial charge in [-0.3, -0.25) is 0 Å². The Hall–Kier alpha value is -2.93. The van der Waals surface area contributed by atoms with E-state index in [1.165, 1.54) is 0 Å². The van der Waals surface area contributed by atoms with E-state index in [0.29, 0.717) is 29.6 Å². The van der Waals surface area contributed by atoms with Crippen LogP contribution in [0.25, 0.3) is 22.8 Å². The number of hydrogen-bond acceptors (Lipinski definition) is 7. The first kappa shape index (κ1) is 15.3. The maximum absolute atomic E-state index is 10.4. The number of aliphatic hydroxyl groups excluding tert-OH is 1. The molecule has 26 heavy (non-hydrogen) atoms. The second-order valence-corrected chi connectivity index (χ2v) is 6.90. The third kappa shape index (κ3) is 2.35. The minimum Gasteiger partial charge on any atom is -0.508 e. The van der Waals surface area contributed by atoms with E-state index in [-0.39, 0.29) is 5.75 Å². The first-order chi connectivity index (χ1) is 12.6. The summed E-state index contributed by atoms with van der Waals surface area (Å²) < 4.78 is 11.4. The van der Waals surface area contributed by atoms with Gasteiger partial charge in [0.25, 0.3) is 5.89 Å². The molecule has 7 heteroatoms. The quantitative estimate of drug-likeness (QED) is 0.732. The summed E-state index contributed by atoms with van der Waals surface area (Å²) in [5.41, 5.74) is 1.82. The van der Waals surface area contributed by atoms with E-state index in [4.69, 9.17) is 9.26 Å². The molecule has 1 unspecified atom stereocenters. The first-order valence-electron chi connectivity index (χ1n) is 8.62. The van der Waals surface area contributed by atoms with Gasteiger partial charge < -0.3 is 19.5 Å². The van der Waals surface area contributed by atoms with Crippen LogP contribution in [0.5, 0.6) is 11.6 Å². The molecule has 0 amide bonds. The fourth-order valence-electron chi connectivity index (χ4n) is 3.54. The molecule has 2 aromatic heterocycles. The van der Waals surface area contributed by atoms with Crippen LogP contribution in [-0.4, -0.2) is 37.0 Å². The van der Waals surface area contributed by atoms with Crippen molar-refractivity contribution >= 4 is 0 Å². The van der Waals surface area contributed by atoms with Gasteiger partial charge in [-0.25, -0.2) is 4.98 Å². The van der Waals surface area contributed by atoms with Crippen molar-refractivity contribution in [3.8, 4) is 34.5 Å². The van der Waals surface area contributed by atoms with Crippen molar-refractivity contribution in [3.05, 3.63) is 42.1 Å². The highest BCUT2D eigenvalue weighted by atomic mass is 16.5. The lowest BCUT2D eigenvalue weighted by Crippen LogP contribution is -2.56. The zero-order valence-corrected chi connectivity index (χ0v) is 13.9. The monoisotopic (exact) mass is 351 g/mol. The summed E-state index contributed by atoms with van der Waals surface area (Å²) in [6.45, 7) is 0. The molecule has 0 saturated heterocycles. The number of aromatic hydroxyl groups is 1. The van der Waals surface area contributed by atoms with E-state index in [1.807, 2.05) is 6.07 Å². The average molecular weight is 351 g/mol.